The van der Waals surface area contributed by atoms with Crippen molar-refractivity contribution in [2.24, 2.45) is 0 Å². The molecule has 0 atom stereocenters. The number of rotatable bonds is 3. The van der Waals surface area contributed by atoms with Crippen LogP contribution in [0.5, 0.6) is 0 Å². The molecule has 0 saturated carbocycles. The summed E-state index contributed by atoms with van der Waals surface area (Å²) in [4.78, 5) is 15.7. The lowest BCUT2D eigenvalue weighted by atomic mass is 10.5. The topological polar surface area (TPSA) is 65.8 Å². The number of thioether (sulfide) groups is 1. The average Bonchev–Trinajstić information content (AvgIpc) is 2.17. The highest BCUT2D eigenvalue weighted by Gasteiger charge is 2.00. The minimum atomic E-state index is -0.288. The van der Waals surface area contributed by atoms with E-state index >= 15 is 0 Å². The Morgan fingerprint density at radius 1 is 1.62 bits per heavy atom. The lowest BCUT2D eigenvalue weighted by molar-refractivity contribution is -0.117. The highest BCUT2D eigenvalue weighted by molar-refractivity contribution is 8.00. The van der Waals surface area contributed by atoms with Crippen molar-refractivity contribution >= 4 is 17.7 Å². The van der Waals surface area contributed by atoms with E-state index in [9.17, 15) is 4.79 Å². The van der Waals surface area contributed by atoms with Gasteiger partial charge in [0.05, 0.1) is 5.75 Å². The third-order valence-corrected chi connectivity index (χ3v) is 2.23. The van der Waals surface area contributed by atoms with Gasteiger partial charge in [0, 0.05) is 17.3 Å². The zero-order valence-electron chi connectivity index (χ0n) is 6.73. The summed E-state index contributed by atoms with van der Waals surface area (Å²) >= 11 is 1.37. The molecule has 0 aromatic carbocycles. The van der Waals surface area contributed by atoms with Crippen molar-refractivity contribution in [2.75, 3.05) is 5.75 Å². The first kappa shape index (κ1) is 9.55. The summed E-state index contributed by atoms with van der Waals surface area (Å²) in [5.41, 5.74) is 0. The molecular formula is C8H7N3OS. The molecule has 1 heterocycles. The van der Waals surface area contributed by atoms with Gasteiger partial charge in [0.1, 0.15) is 0 Å². The van der Waals surface area contributed by atoms with Crippen molar-refractivity contribution in [3.05, 3.63) is 24.5 Å². The number of nitrogens with one attached hydrogen (secondary N) is 1. The molecule has 1 amide bonds. The van der Waals surface area contributed by atoms with Gasteiger partial charge in [-0.05, 0) is 12.1 Å². The van der Waals surface area contributed by atoms with Gasteiger partial charge >= 0.3 is 0 Å². The standard InChI is InChI=1S/C8H7N3OS/c9-6-11-8(12)5-13-7-1-3-10-4-2-7/h1-4H,5H2,(H,11,12). The molecule has 0 bridgehead atoms. The highest BCUT2D eigenvalue weighted by atomic mass is 32.2. The number of nitrogens with zero attached hydrogens (tertiary/aromatic N) is 2. The fourth-order valence-corrected chi connectivity index (χ4v) is 1.37. The molecule has 1 N–H and O–H groups in total. The highest BCUT2D eigenvalue weighted by Crippen LogP contribution is 2.15. The van der Waals surface area contributed by atoms with E-state index in [0.29, 0.717) is 0 Å². The second kappa shape index (κ2) is 5.17. The van der Waals surface area contributed by atoms with Crippen LogP contribution in [0.4, 0.5) is 0 Å². The Kier molecular flexibility index (Phi) is 3.79. The Hall–Kier alpha value is -1.54. The Bertz CT molecular complexity index is 320. The van der Waals surface area contributed by atoms with Crippen molar-refractivity contribution in [2.45, 2.75) is 4.90 Å². The molecule has 4 nitrogen and oxygen atoms in total. The molecule has 0 aliphatic heterocycles. The molecule has 0 aliphatic rings. The molecule has 5 heteroatoms. The van der Waals surface area contributed by atoms with E-state index < -0.39 is 0 Å². The first-order valence-corrected chi connectivity index (χ1v) is 4.52. The molecular weight excluding hydrogens is 186 g/mol. The first-order valence-electron chi connectivity index (χ1n) is 3.53. The van der Waals surface area contributed by atoms with Crippen molar-refractivity contribution < 1.29 is 4.79 Å². The van der Waals surface area contributed by atoms with E-state index in [-0.39, 0.29) is 11.7 Å². The van der Waals surface area contributed by atoms with Crippen molar-refractivity contribution in [1.29, 1.82) is 5.26 Å². The van der Waals surface area contributed by atoms with E-state index in [4.69, 9.17) is 5.26 Å². The van der Waals surface area contributed by atoms with Gasteiger partial charge in [-0.3, -0.25) is 15.1 Å². The number of hydrogen-bond acceptors (Lipinski definition) is 4. The number of carbonyl (C=O) groups excluding carboxylic acids is 1. The van der Waals surface area contributed by atoms with Crippen LogP contribution in [-0.2, 0) is 4.79 Å². The van der Waals surface area contributed by atoms with Gasteiger partial charge < -0.3 is 0 Å². The van der Waals surface area contributed by atoms with Crippen LogP contribution in [0.25, 0.3) is 0 Å². The summed E-state index contributed by atoms with van der Waals surface area (Å²) in [7, 11) is 0. The van der Waals surface area contributed by atoms with E-state index in [0.717, 1.165) is 4.90 Å². The molecule has 0 aliphatic carbocycles. The van der Waals surface area contributed by atoms with Crippen molar-refractivity contribution in [3.8, 4) is 6.19 Å². The smallest absolute Gasteiger partial charge is 0.243 e. The Balaban J connectivity index is 2.36. The molecule has 0 fully saturated rings. The van der Waals surface area contributed by atoms with Gasteiger partial charge in [0.2, 0.25) is 5.91 Å². The SMILES string of the molecule is N#CNC(=O)CSc1ccncc1. The fraction of sp³-hybridized carbons (Fsp3) is 0.125. The Labute approximate surface area is 80.0 Å². The first-order chi connectivity index (χ1) is 6.33. The summed E-state index contributed by atoms with van der Waals surface area (Å²) < 4.78 is 0. The number of aromatic nitrogens is 1. The molecule has 66 valence electrons. The molecule has 0 radical (unpaired) electrons. The third-order valence-electron chi connectivity index (χ3n) is 1.21. The maximum atomic E-state index is 10.8. The minimum absolute atomic E-state index is 0.248. The van der Waals surface area contributed by atoms with Gasteiger partial charge in [0.25, 0.3) is 0 Å². The van der Waals surface area contributed by atoms with Gasteiger partial charge in [-0.2, -0.15) is 5.26 Å². The minimum Gasteiger partial charge on any atom is -0.273 e. The van der Waals surface area contributed by atoms with Gasteiger partial charge in [-0.15, -0.1) is 11.8 Å². The van der Waals surface area contributed by atoms with Crippen LogP contribution in [0.2, 0.25) is 0 Å². The molecule has 0 saturated heterocycles. The summed E-state index contributed by atoms with van der Waals surface area (Å²) in [6, 6.07) is 3.62. The van der Waals surface area contributed by atoms with Gasteiger partial charge in [-0.1, -0.05) is 0 Å². The van der Waals surface area contributed by atoms with E-state index in [1.807, 2.05) is 17.4 Å². The summed E-state index contributed by atoms with van der Waals surface area (Å²) in [6.07, 6.45) is 4.89. The molecule has 13 heavy (non-hydrogen) atoms. The molecule has 0 spiro atoms. The van der Waals surface area contributed by atoms with Crippen LogP contribution in [0.1, 0.15) is 0 Å². The van der Waals surface area contributed by atoms with Crippen LogP contribution in [0.15, 0.2) is 29.4 Å². The van der Waals surface area contributed by atoms with Crippen LogP contribution in [0.3, 0.4) is 0 Å². The number of nitriles is 1. The number of amides is 1. The van der Waals surface area contributed by atoms with E-state index in [1.54, 1.807) is 18.6 Å². The lowest BCUT2D eigenvalue weighted by Crippen LogP contribution is -2.19. The van der Waals surface area contributed by atoms with Crippen LogP contribution >= 0.6 is 11.8 Å². The van der Waals surface area contributed by atoms with Crippen molar-refractivity contribution in [3.63, 3.8) is 0 Å². The summed E-state index contributed by atoms with van der Waals surface area (Å²) in [5.74, 6) is -0.0401. The second-order valence-corrected chi connectivity index (χ2v) is 3.18. The maximum absolute atomic E-state index is 10.8. The largest absolute Gasteiger partial charge is 0.273 e. The van der Waals surface area contributed by atoms with E-state index in [2.05, 4.69) is 4.98 Å². The van der Waals surface area contributed by atoms with Crippen LogP contribution < -0.4 is 5.32 Å². The zero-order valence-corrected chi connectivity index (χ0v) is 7.54. The summed E-state index contributed by atoms with van der Waals surface area (Å²) in [6.45, 7) is 0. The second-order valence-electron chi connectivity index (χ2n) is 2.13. The Morgan fingerprint density at radius 3 is 2.92 bits per heavy atom. The molecule has 1 aromatic heterocycles. The predicted octanol–water partition coefficient (Wildman–Crippen LogP) is 0.771. The average molecular weight is 193 g/mol. The van der Waals surface area contributed by atoms with Crippen LogP contribution in [-0.4, -0.2) is 16.6 Å². The zero-order chi connectivity index (χ0) is 9.52. The predicted molar refractivity (Wildman–Crippen MR) is 48.7 cm³/mol. The molecule has 1 aromatic rings. The number of carbonyl (C=O) groups is 1. The van der Waals surface area contributed by atoms with Gasteiger partial charge in [0.15, 0.2) is 6.19 Å². The number of hydrogen-bond donors (Lipinski definition) is 1. The normalized spacial score (nSPS) is 8.85. The van der Waals surface area contributed by atoms with E-state index in [1.165, 1.54) is 11.8 Å². The maximum Gasteiger partial charge on any atom is 0.243 e. The van der Waals surface area contributed by atoms with Crippen LogP contribution in [0, 0.1) is 11.5 Å². The van der Waals surface area contributed by atoms with Gasteiger partial charge in [-0.25, -0.2) is 0 Å². The quantitative estimate of drug-likeness (QED) is 0.437. The van der Waals surface area contributed by atoms with Crippen molar-refractivity contribution in [1.82, 2.24) is 10.3 Å². The Morgan fingerprint density at radius 2 is 2.31 bits per heavy atom. The third kappa shape index (κ3) is 3.58. The summed E-state index contributed by atoms with van der Waals surface area (Å²) in [5, 5.41) is 10.2. The molecule has 1 rings (SSSR count). The monoisotopic (exact) mass is 193 g/mol. The number of pyridine rings is 1. The molecule has 0 unspecified atom stereocenters. The lowest BCUT2D eigenvalue weighted by Gasteiger charge is -1.97. The fourth-order valence-electron chi connectivity index (χ4n) is 0.682.